The number of benzene rings is 1. The molecule has 1 unspecified atom stereocenters. The van der Waals surface area contributed by atoms with Crippen molar-refractivity contribution in [2.24, 2.45) is 15.9 Å². The van der Waals surface area contributed by atoms with E-state index in [1.54, 1.807) is 17.5 Å². The summed E-state index contributed by atoms with van der Waals surface area (Å²) in [7, 11) is 0. The van der Waals surface area contributed by atoms with Gasteiger partial charge in [0, 0.05) is 12.1 Å². The molecule has 0 fully saturated rings. The molecule has 2 aliphatic rings. The second-order valence-corrected chi connectivity index (χ2v) is 4.87. The third kappa shape index (κ3) is 1.97. The first kappa shape index (κ1) is 11.8. The molecule has 19 heavy (non-hydrogen) atoms. The van der Waals surface area contributed by atoms with Crippen molar-refractivity contribution in [3.63, 3.8) is 0 Å². The molecule has 1 aromatic rings. The Kier molecular flexibility index (Phi) is 2.75. The van der Waals surface area contributed by atoms with Gasteiger partial charge in [-0.05, 0) is 16.5 Å². The van der Waals surface area contributed by atoms with Crippen LogP contribution in [0.3, 0.4) is 0 Å². The van der Waals surface area contributed by atoms with Crippen LogP contribution in [0.5, 0.6) is 0 Å². The summed E-state index contributed by atoms with van der Waals surface area (Å²) in [5.41, 5.74) is 1.37. The average molecular weight is 273 g/mol. The largest absolute Gasteiger partial charge is 0.271 e. The van der Waals surface area contributed by atoms with Crippen LogP contribution in [0.25, 0.3) is 5.57 Å². The van der Waals surface area contributed by atoms with E-state index >= 15 is 0 Å². The Balaban J connectivity index is 2.02. The van der Waals surface area contributed by atoms with Gasteiger partial charge in [-0.1, -0.05) is 23.9 Å². The third-order valence-corrected chi connectivity index (χ3v) is 3.83. The van der Waals surface area contributed by atoms with E-state index in [1.807, 2.05) is 0 Å². The molecule has 0 aliphatic carbocycles. The second kappa shape index (κ2) is 4.43. The number of non-ortho nitro benzene ring substituents is 1. The van der Waals surface area contributed by atoms with Gasteiger partial charge in [0.1, 0.15) is 12.3 Å². The van der Waals surface area contributed by atoms with Crippen molar-refractivity contribution in [3.05, 3.63) is 45.4 Å². The van der Waals surface area contributed by atoms with E-state index in [2.05, 4.69) is 9.98 Å². The fourth-order valence-electron chi connectivity index (χ4n) is 1.99. The Bertz CT molecular complexity index is 679. The number of hydrogen-bond donors (Lipinski definition) is 0. The summed E-state index contributed by atoms with van der Waals surface area (Å²) in [5, 5.41) is 13.3. The van der Waals surface area contributed by atoms with Gasteiger partial charge in [0.25, 0.3) is 11.6 Å². The summed E-state index contributed by atoms with van der Waals surface area (Å²) < 4.78 is 0. The number of aliphatic imine (C=N–C) groups is 2. The maximum atomic E-state index is 11.8. The molecule has 0 aromatic heterocycles. The molecular formula is C12H7N3O3S. The number of thioether (sulfide) groups is 1. The number of fused-ring (bicyclic) bond motifs is 1. The van der Waals surface area contributed by atoms with E-state index < -0.39 is 10.8 Å². The average Bonchev–Trinajstić information content (AvgIpc) is 2.84. The molecule has 1 atom stereocenters. The summed E-state index contributed by atoms with van der Waals surface area (Å²) in [5.74, 6) is -0.801. The second-order valence-electron chi connectivity index (χ2n) is 3.98. The Morgan fingerprint density at radius 1 is 1.37 bits per heavy atom. The quantitative estimate of drug-likeness (QED) is 0.611. The van der Waals surface area contributed by atoms with E-state index in [9.17, 15) is 14.9 Å². The van der Waals surface area contributed by atoms with Gasteiger partial charge in [-0.25, -0.2) is 9.98 Å². The Hall–Kier alpha value is -2.28. The minimum Gasteiger partial charge on any atom is -0.271 e. The van der Waals surface area contributed by atoms with Crippen LogP contribution in [-0.2, 0) is 4.79 Å². The summed E-state index contributed by atoms with van der Waals surface area (Å²) >= 11 is 1.35. The number of rotatable bonds is 2. The van der Waals surface area contributed by atoms with Gasteiger partial charge in [0.05, 0.1) is 9.97 Å². The van der Waals surface area contributed by atoms with Crippen molar-refractivity contribution < 1.29 is 9.72 Å². The molecule has 0 N–H and O–H groups in total. The molecule has 0 radical (unpaired) electrons. The predicted molar refractivity (Wildman–Crippen MR) is 73.1 cm³/mol. The van der Waals surface area contributed by atoms with Gasteiger partial charge >= 0.3 is 0 Å². The zero-order chi connectivity index (χ0) is 13.4. The number of carbonyl (C=O) groups is 1. The van der Waals surface area contributed by atoms with Crippen LogP contribution in [0, 0.1) is 16.0 Å². The third-order valence-electron chi connectivity index (χ3n) is 2.87. The highest BCUT2D eigenvalue weighted by Gasteiger charge is 2.35. The zero-order valence-electron chi connectivity index (χ0n) is 9.52. The van der Waals surface area contributed by atoms with E-state index in [0.29, 0.717) is 16.2 Å². The molecular weight excluding hydrogens is 266 g/mol. The lowest BCUT2D eigenvalue weighted by molar-refractivity contribution is -0.384. The maximum absolute atomic E-state index is 11.8. The molecule has 94 valence electrons. The highest BCUT2D eigenvalue weighted by molar-refractivity contribution is 8.17. The van der Waals surface area contributed by atoms with E-state index in [-0.39, 0.29) is 11.6 Å². The summed E-state index contributed by atoms with van der Waals surface area (Å²) in [6, 6.07) is 6.22. The summed E-state index contributed by atoms with van der Waals surface area (Å²) in [6.45, 7) is 0. The van der Waals surface area contributed by atoms with Crippen molar-refractivity contribution in [1.82, 2.24) is 0 Å². The van der Waals surface area contributed by atoms with E-state index in [4.69, 9.17) is 0 Å². The van der Waals surface area contributed by atoms with Crippen LogP contribution in [0.15, 0.2) is 39.7 Å². The van der Waals surface area contributed by atoms with Crippen molar-refractivity contribution in [3.8, 4) is 0 Å². The first-order valence-electron chi connectivity index (χ1n) is 5.42. The predicted octanol–water partition coefficient (Wildman–Crippen LogP) is 2.27. The standard InChI is InChI=1S/C12H7N3O3S/c16-11-10-9(5-19-12(10)14-6-13-11)7-2-1-3-8(4-7)15(17)18/h1-6,10H. The Labute approximate surface area is 112 Å². The Morgan fingerprint density at radius 2 is 2.21 bits per heavy atom. The molecule has 3 rings (SSSR count). The first-order valence-corrected chi connectivity index (χ1v) is 6.30. The van der Waals surface area contributed by atoms with Crippen molar-refractivity contribution >= 4 is 40.3 Å². The van der Waals surface area contributed by atoms with Crippen LogP contribution >= 0.6 is 11.8 Å². The van der Waals surface area contributed by atoms with Gasteiger partial charge < -0.3 is 0 Å². The molecule has 0 bridgehead atoms. The molecule has 6 nitrogen and oxygen atoms in total. The number of nitro benzene ring substituents is 1. The molecule has 0 spiro atoms. The van der Waals surface area contributed by atoms with Crippen molar-refractivity contribution in [2.45, 2.75) is 0 Å². The number of carbonyl (C=O) groups excluding carboxylic acids is 1. The smallest absolute Gasteiger partial charge is 0.270 e. The topological polar surface area (TPSA) is 84.9 Å². The van der Waals surface area contributed by atoms with Gasteiger partial charge in [-0.3, -0.25) is 14.9 Å². The van der Waals surface area contributed by atoms with Crippen LogP contribution in [0.1, 0.15) is 5.56 Å². The SMILES string of the molecule is O=C1N=CN=C2SC=C(c3cccc([N+](=O)[O-])c3)C12. The molecule has 7 heteroatoms. The highest BCUT2D eigenvalue weighted by Crippen LogP contribution is 2.40. The van der Waals surface area contributed by atoms with Gasteiger partial charge in [-0.2, -0.15) is 0 Å². The number of nitrogens with zero attached hydrogens (tertiary/aromatic N) is 3. The fraction of sp³-hybridized carbons (Fsp3) is 0.0833. The minimum absolute atomic E-state index is 0.000508. The van der Waals surface area contributed by atoms with Crippen molar-refractivity contribution in [1.29, 1.82) is 0 Å². The zero-order valence-corrected chi connectivity index (χ0v) is 10.3. The molecule has 0 saturated carbocycles. The van der Waals surface area contributed by atoms with E-state index in [1.165, 1.54) is 30.2 Å². The van der Waals surface area contributed by atoms with Crippen molar-refractivity contribution in [2.75, 3.05) is 0 Å². The monoisotopic (exact) mass is 273 g/mol. The van der Waals surface area contributed by atoms with Crippen LogP contribution in [0.4, 0.5) is 5.69 Å². The van der Waals surface area contributed by atoms with Crippen LogP contribution in [-0.4, -0.2) is 22.2 Å². The molecule has 1 aromatic carbocycles. The fourth-order valence-corrected chi connectivity index (χ4v) is 2.98. The molecule has 0 saturated heterocycles. The maximum Gasteiger partial charge on any atom is 0.270 e. The molecule has 1 amide bonds. The molecule has 2 aliphatic heterocycles. The van der Waals surface area contributed by atoms with E-state index in [0.717, 1.165) is 0 Å². The lowest BCUT2D eigenvalue weighted by Gasteiger charge is -2.13. The summed E-state index contributed by atoms with van der Waals surface area (Å²) in [6.07, 6.45) is 1.24. The van der Waals surface area contributed by atoms with Crippen LogP contribution in [0.2, 0.25) is 0 Å². The van der Waals surface area contributed by atoms with Gasteiger partial charge in [0.15, 0.2) is 0 Å². The lowest BCUT2D eigenvalue weighted by Crippen LogP contribution is -2.21. The number of hydrogen-bond acceptors (Lipinski definition) is 5. The van der Waals surface area contributed by atoms with Gasteiger partial charge in [-0.15, -0.1) is 0 Å². The first-order chi connectivity index (χ1) is 9.16. The minimum atomic E-state index is -0.517. The number of amides is 1. The number of nitro groups is 1. The normalized spacial score (nSPS) is 20.8. The summed E-state index contributed by atoms with van der Waals surface area (Å²) in [4.78, 5) is 29.9. The highest BCUT2D eigenvalue weighted by atomic mass is 32.2. The lowest BCUT2D eigenvalue weighted by atomic mass is 9.93. The molecule has 2 heterocycles. The Morgan fingerprint density at radius 3 is 3.00 bits per heavy atom. The van der Waals surface area contributed by atoms with Crippen LogP contribution < -0.4 is 0 Å². The van der Waals surface area contributed by atoms with Gasteiger partial charge in [0.2, 0.25) is 0 Å².